The van der Waals surface area contributed by atoms with Crippen molar-refractivity contribution in [3.05, 3.63) is 0 Å². The highest BCUT2D eigenvalue weighted by Crippen LogP contribution is 2.34. The first-order valence-electron chi connectivity index (χ1n) is 8.89. The summed E-state index contributed by atoms with van der Waals surface area (Å²) in [5.41, 5.74) is 0. The van der Waals surface area contributed by atoms with E-state index < -0.39 is 0 Å². The number of hydrogen-bond donors (Lipinski definition) is 1. The summed E-state index contributed by atoms with van der Waals surface area (Å²) >= 11 is 0. The van der Waals surface area contributed by atoms with Gasteiger partial charge in [0, 0.05) is 32.2 Å². The van der Waals surface area contributed by atoms with Crippen molar-refractivity contribution in [2.75, 3.05) is 26.2 Å². The number of amides is 1. The van der Waals surface area contributed by atoms with E-state index in [9.17, 15) is 4.79 Å². The molecule has 21 heavy (non-hydrogen) atoms. The standard InChI is InChI=1S/C17H30N2O2/c1-2-21-15-10-13(11-15)12-17(20)19-8-5-14(6-9-19)16-4-3-7-18-16/h13-16,18H,2-12H2,1H3. The molecule has 2 aliphatic heterocycles. The monoisotopic (exact) mass is 294 g/mol. The van der Waals surface area contributed by atoms with E-state index in [1.807, 2.05) is 6.92 Å². The van der Waals surface area contributed by atoms with E-state index in [2.05, 4.69) is 10.2 Å². The van der Waals surface area contributed by atoms with Gasteiger partial charge in [0.05, 0.1) is 6.10 Å². The minimum absolute atomic E-state index is 0.382. The first-order chi connectivity index (χ1) is 10.3. The summed E-state index contributed by atoms with van der Waals surface area (Å²) in [7, 11) is 0. The fourth-order valence-corrected chi connectivity index (χ4v) is 4.25. The fraction of sp³-hybridized carbons (Fsp3) is 0.941. The van der Waals surface area contributed by atoms with Crippen LogP contribution >= 0.6 is 0 Å². The number of ether oxygens (including phenoxy) is 1. The third-order valence-corrected chi connectivity index (χ3v) is 5.62. The third-order valence-electron chi connectivity index (χ3n) is 5.62. The zero-order chi connectivity index (χ0) is 14.7. The molecule has 0 aromatic heterocycles. The van der Waals surface area contributed by atoms with E-state index in [0.29, 0.717) is 17.9 Å². The number of rotatable bonds is 5. The second-order valence-electron chi connectivity index (χ2n) is 7.04. The maximum Gasteiger partial charge on any atom is 0.222 e. The Balaban J connectivity index is 1.35. The Morgan fingerprint density at radius 2 is 2.00 bits per heavy atom. The third kappa shape index (κ3) is 3.78. The number of carbonyl (C=O) groups is 1. The number of hydrogen-bond acceptors (Lipinski definition) is 3. The Labute approximate surface area is 128 Å². The van der Waals surface area contributed by atoms with Gasteiger partial charge in [-0.05, 0) is 63.8 Å². The number of carbonyl (C=O) groups excluding carboxylic acids is 1. The van der Waals surface area contributed by atoms with Crippen molar-refractivity contribution in [2.24, 2.45) is 11.8 Å². The Bertz CT molecular complexity index is 341. The largest absolute Gasteiger partial charge is 0.378 e. The van der Waals surface area contributed by atoms with E-state index in [0.717, 1.165) is 50.9 Å². The lowest BCUT2D eigenvalue weighted by molar-refractivity contribution is -0.136. The molecule has 2 heterocycles. The maximum absolute atomic E-state index is 12.4. The molecule has 0 bridgehead atoms. The molecular weight excluding hydrogens is 264 g/mol. The van der Waals surface area contributed by atoms with Crippen LogP contribution in [0.3, 0.4) is 0 Å². The van der Waals surface area contributed by atoms with Crippen molar-refractivity contribution in [2.45, 2.75) is 64.0 Å². The second kappa shape index (κ2) is 7.10. The van der Waals surface area contributed by atoms with Gasteiger partial charge in [-0.2, -0.15) is 0 Å². The van der Waals surface area contributed by atoms with Crippen molar-refractivity contribution in [3.8, 4) is 0 Å². The molecule has 0 aromatic carbocycles. The zero-order valence-electron chi connectivity index (χ0n) is 13.4. The minimum atomic E-state index is 0.382. The zero-order valence-corrected chi connectivity index (χ0v) is 13.4. The van der Waals surface area contributed by atoms with Gasteiger partial charge in [-0.1, -0.05) is 0 Å². The quantitative estimate of drug-likeness (QED) is 0.845. The van der Waals surface area contributed by atoms with E-state index in [1.165, 1.54) is 32.2 Å². The molecule has 0 radical (unpaired) electrons. The summed E-state index contributed by atoms with van der Waals surface area (Å²) in [6.07, 6.45) is 8.38. The van der Waals surface area contributed by atoms with Gasteiger partial charge in [-0.3, -0.25) is 4.79 Å². The average molecular weight is 294 g/mol. The Hall–Kier alpha value is -0.610. The summed E-state index contributed by atoms with van der Waals surface area (Å²) < 4.78 is 5.57. The van der Waals surface area contributed by atoms with Crippen molar-refractivity contribution < 1.29 is 9.53 Å². The molecule has 3 fully saturated rings. The average Bonchev–Trinajstić information content (AvgIpc) is 2.99. The summed E-state index contributed by atoms with van der Waals surface area (Å²) in [6, 6.07) is 0.723. The topological polar surface area (TPSA) is 41.6 Å². The van der Waals surface area contributed by atoms with E-state index in [-0.39, 0.29) is 0 Å². The number of nitrogens with zero attached hydrogens (tertiary/aromatic N) is 1. The number of likely N-dealkylation sites (tertiary alicyclic amines) is 1. The first-order valence-corrected chi connectivity index (χ1v) is 8.89. The Morgan fingerprint density at radius 3 is 2.62 bits per heavy atom. The van der Waals surface area contributed by atoms with Crippen LogP contribution in [0, 0.1) is 11.8 Å². The first kappa shape index (κ1) is 15.3. The molecule has 2 saturated heterocycles. The van der Waals surface area contributed by atoms with Crippen LogP contribution in [-0.2, 0) is 9.53 Å². The maximum atomic E-state index is 12.4. The van der Waals surface area contributed by atoms with Crippen molar-refractivity contribution >= 4 is 5.91 Å². The van der Waals surface area contributed by atoms with Gasteiger partial charge >= 0.3 is 0 Å². The highest BCUT2D eigenvalue weighted by Gasteiger charge is 2.34. The predicted molar refractivity (Wildman–Crippen MR) is 83.1 cm³/mol. The van der Waals surface area contributed by atoms with Crippen molar-refractivity contribution in [1.82, 2.24) is 10.2 Å². The van der Waals surface area contributed by atoms with Crippen LogP contribution in [0.25, 0.3) is 0 Å². The molecule has 1 saturated carbocycles. The molecule has 4 heteroatoms. The Kier molecular flexibility index (Phi) is 5.17. The number of nitrogens with one attached hydrogen (secondary N) is 1. The van der Waals surface area contributed by atoms with Crippen LogP contribution in [-0.4, -0.2) is 49.2 Å². The van der Waals surface area contributed by atoms with Crippen LogP contribution in [0.5, 0.6) is 0 Å². The summed E-state index contributed by atoms with van der Waals surface area (Å²) in [4.78, 5) is 14.5. The van der Waals surface area contributed by atoms with Crippen LogP contribution in [0.1, 0.15) is 51.9 Å². The van der Waals surface area contributed by atoms with Gasteiger partial charge in [0.2, 0.25) is 5.91 Å². The van der Waals surface area contributed by atoms with Gasteiger partial charge in [0.25, 0.3) is 0 Å². The lowest BCUT2D eigenvalue weighted by atomic mass is 9.79. The molecule has 1 N–H and O–H groups in total. The van der Waals surface area contributed by atoms with Crippen molar-refractivity contribution in [3.63, 3.8) is 0 Å². The van der Waals surface area contributed by atoms with Gasteiger partial charge in [-0.25, -0.2) is 0 Å². The smallest absolute Gasteiger partial charge is 0.222 e. The molecule has 3 aliphatic rings. The summed E-state index contributed by atoms with van der Waals surface area (Å²) in [6.45, 7) is 5.98. The van der Waals surface area contributed by atoms with Gasteiger partial charge in [0.1, 0.15) is 0 Å². The van der Waals surface area contributed by atoms with E-state index >= 15 is 0 Å². The van der Waals surface area contributed by atoms with Gasteiger partial charge in [0.15, 0.2) is 0 Å². The molecule has 120 valence electrons. The predicted octanol–water partition coefficient (Wildman–Crippen LogP) is 2.18. The highest BCUT2D eigenvalue weighted by atomic mass is 16.5. The van der Waals surface area contributed by atoms with E-state index in [4.69, 9.17) is 4.74 Å². The van der Waals surface area contributed by atoms with Gasteiger partial charge in [-0.15, -0.1) is 0 Å². The summed E-state index contributed by atoms with van der Waals surface area (Å²) in [5.74, 6) is 1.75. The minimum Gasteiger partial charge on any atom is -0.378 e. The molecule has 0 spiro atoms. The second-order valence-corrected chi connectivity index (χ2v) is 7.04. The van der Waals surface area contributed by atoms with Crippen LogP contribution in [0.4, 0.5) is 0 Å². The van der Waals surface area contributed by atoms with Crippen LogP contribution < -0.4 is 5.32 Å². The molecular formula is C17H30N2O2. The van der Waals surface area contributed by atoms with Crippen molar-refractivity contribution in [1.29, 1.82) is 0 Å². The van der Waals surface area contributed by atoms with E-state index in [1.54, 1.807) is 0 Å². The molecule has 3 rings (SSSR count). The number of piperidine rings is 1. The molecule has 4 nitrogen and oxygen atoms in total. The van der Waals surface area contributed by atoms with Crippen LogP contribution in [0.2, 0.25) is 0 Å². The lowest BCUT2D eigenvalue weighted by Crippen LogP contribution is -2.44. The molecule has 1 aliphatic carbocycles. The normalized spacial score (nSPS) is 34.0. The molecule has 0 aromatic rings. The fourth-order valence-electron chi connectivity index (χ4n) is 4.25. The lowest BCUT2D eigenvalue weighted by Gasteiger charge is -2.38. The molecule has 1 atom stereocenters. The molecule has 1 unspecified atom stereocenters. The van der Waals surface area contributed by atoms with Crippen LogP contribution in [0.15, 0.2) is 0 Å². The summed E-state index contributed by atoms with van der Waals surface area (Å²) in [5, 5.41) is 3.62. The highest BCUT2D eigenvalue weighted by molar-refractivity contribution is 5.76. The Morgan fingerprint density at radius 1 is 1.24 bits per heavy atom. The molecule has 1 amide bonds. The van der Waals surface area contributed by atoms with Gasteiger partial charge < -0.3 is 15.0 Å². The SMILES string of the molecule is CCOC1CC(CC(=O)N2CCC(C3CCCN3)CC2)C1.